The first kappa shape index (κ1) is 29.9. The first-order valence-corrected chi connectivity index (χ1v) is 14.9. The van der Waals surface area contributed by atoms with E-state index in [2.05, 4.69) is 5.32 Å². The van der Waals surface area contributed by atoms with Crippen LogP contribution < -0.4 is 19.1 Å². The van der Waals surface area contributed by atoms with Gasteiger partial charge >= 0.3 is 0 Å². The van der Waals surface area contributed by atoms with Gasteiger partial charge in [-0.25, -0.2) is 8.42 Å². The molecule has 0 bridgehead atoms. The summed E-state index contributed by atoms with van der Waals surface area (Å²) in [4.78, 5) is 27.8. The van der Waals surface area contributed by atoms with Crippen LogP contribution in [0.2, 0.25) is 10.0 Å². The van der Waals surface area contributed by atoms with Crippen molar-refractivity contribution < 1.29 is 27.5 Å². The molecule has 2 atom stereocenters. The Bertz CT molecular complexity index is 1250. The van der Waals surface area contributed by atoms with E-state index in [0.717, 1.165) is 12.7 Å². The van der Waals surface area contributed by atoms with Crippen molar-refractivity contribution in [2.75, 3.05) is 23.9 Å². The Hall–Kier alpha value is -2.69. The van der Waals surface area contributed by atoms with Gasteiger partial charge in [0, 0.05) is 47.2 Å². The molecule has 1 heterocycles. The fourth-order valence-electron chi connectivity index (χ4n) is 3.95. The fourth-order valence-corrected chi connectivity index (χ4v) is 5.42. The molecular weight excluding hydrogens is 553 g/mol. The third-order valence-electron chi connectivity index (χ3n) is 6.35. The number of fused-ring (bicyclic) bond motifs is 1. The third-order valence-corrected chi connectivity index (χ3v) is 8.26. The fraction of sp³-hybridized carbons (Fsp3) is 0.462. The number of ether oxygens (including phenoxy) is 2. The Morgan fingerprint density at radius 2 is 1.74 bits per heavy atom. The maximum absolute atomic E-state index is 13.4. The minimum Gasteiger partial charge on any atom is -0.454 e. The zero-order valence-corrected chi connectivity index (χ0v) is 24.2. The number of sulfonamides is 1. The second-order valence-corrected chi connectivity index (χ2v) is 11.9. The molecule has 38 heavy (non-hydrogen) atoms. The number of rotatable bonds is 12. The van der Waals surface area contributed by atoms with Gasteiger partial charge in [-0.2, -0.15) is 0 Å². The van der Waals surface area contributed by atoms with Gasteiger partial charge in [-0.15, -0.1) is 0 Å². The van der Waals surface area contributed by atoms with Gasteiger partial charge in [0.15, 0.2) is 11.5 Å². The average Bonchev–Trinajstić information content (AvgIpc) is 3.33. The second-order valence-electron chi connectivity index (χ2n) is 9.19. The van der Waals surface area contributed by atoms with E-state index in [1.54, 1.807) is 43.3 Å². The zero-order chi connectivity index (χ0) is 28.0. The van der Waals surface area contributed by atoms with E-state index in [1.807, 2.05) is 13.8 Å². The highest BCUT2D eigenvalue weighted by atomic mass is 35.5. The van der Waals surface area contributed by atoms with Crippen LogP contribution in [0, 0.1) is 0 Å². The molecule has 1 aliphatic rings. The molecule has 0 saturated carbocycles. The van der Waals surface area contributed by atoms with Crippen LogP contribution in [0.25, 0.3) is 0 Å². The van der Waals surface area contributed by atoms with Gasteiger partial charge in [0.1, 0.15) is 6.04 Å². The maximum Gasteiger partial charge on any atom is 0.242 e. The molecule has 1 aliphatic heterocycles. The van der Waals surface area contributed by atoms with E-state index in [9.17, 15) is 18.0 Å². The summed E-state index contributed by atoms with van der Waals surface area (Å²) in [5, 5.41) is 3.68. The Kier molecular flexibility index (Phi) is 10.1. The van der Waals surface area contributed by atoms with E-state index in [0.29, 0.717) is 32.8 Å². The Morgan fingerprint density at radius 1 is 1.08 bits per heavy atom. The molecule has 0 aromatic heterocycles. The van der Waals surface area contributed by atoms with E-state index >= 15 is 0 Å². The minimum absolute atomic E-state index is 0.000402. The highest BCUT2D eigenvalue weighted by Crippen LogP contribution is 2.36. The molecule has 2 aromatic carbocycles. The molecular formula is C26H33Cl2N3O6S. The first-order valence-electron chi connectivity index (χ1n) is 12.3. The molecule has 3 rings (SSSR count). The molecule has 2 aromatic rings. The van der Waals surface area contributed by atoms with Crippen LogP contribution in [0.5, 0.6) is 11.5 Å². The van der Waals surface area contributed by atoms with Crippen LogP contribution in [-0.4, -0.2) is 56.8 Å². The zero-order valence-electron chi connectivity index (χ0n) is 21.9. The number of carbonyl (C=O) groups excluding carboxylic acids is 2. The predicted octanol–water partition coefficient (Wildman–Crippen LogP) is 4.60. The summed E-state index contributed by atoms with van der Waals surface area (Å²) in [5.41, 5.74) is 0.940. The molecule has 2 amide bonds. The van der Waals surface area contributed by atoms with Crippen LogP contribution in [0.4, 0.5) is 5.69 Å². The van der Waals surface area contributed by atoms with Crippen molar-refractivity contribution in [2.45, 2.75) is 58.7 Å². The topological polar surface area (TPSA) is 105 Å². The second kappa shape index (κ2) is 12.9. The van der Waals surface area contributed by atoms with E-state index in [-0.39, 0.29) is 50.6 Å². The highest BCUT2D eigenvalue weighted by Gasteiger charge is 2.28. The molecule has 208 valence electrons. The van der Waals surface area contributed by atoms with Crippen molar-refractivity contribution in [3.63, 3.8) is 0 Å². The Balaban J connectivity index is 1.77. The van der Waals surface area contributed by atoms with Crippen LogP contribution in [-0.2, 0) is 26.2 Å². The van der Waals surface area contributed by atoms with Crippen molar-refractivity contribution in [3.05, 3.63) is 52.0 Å². The minimum atomic E-state index is -3.65. The lowest BCUT2D eigenvalue weighted by molar-refractivity contribution is -0.140. The van der Waals surface area contributed by atoms with Crippen molar-refractivity contribution in [1.29, 1.82) is 0 Å². The summed E-state index contributed by atoms with van der Waals surface area (Å²) in [6.45, 7) is 5.64. The molecule has 0 aliphatic carbocycles. The standard InChI is InChI=1S/C26H33Cl2N3O6S/c1-5-17(2)29-26(33)18(3)30(15-20-21(27)8-6-9-22(20)28)25(32)10-7-13-31(38(4,34)35)19-11-12-23-24(14-19)37-16-36-23/h6,8-9,11-12,14,17-18H,5,7,10,13,15-16H2,1-4H3,(H,29,33). The number of carbonyl (C=O) groups is 2. The summed E-state index contributed by atoms with van der Waals surface area (Å²) >= 11 is 12.7. The monoisotopic (exact) mass is 585 g/mol. The Morgan fingerprint density at radius 3 is 2.37 bits per heavy atom. The van der Waals surface area contributed by atoms with Gasteiger partial charge in [0.25, 0.3) is 0 Å². The molecule has 0 radical (unpaired) electrons. The lowest BCUT2D eigenvalue weighted by atomic mass is 10.1. The predicted molar refractivity (Wildman–Crippen MR) is 148 cm³/mol. The number of benzene rings is 2. The normalized spacial score (nSPS) is 14.1. The van der Waals surface area contributed by atoms with Gasteiger partial charge in [-0.1, -0.05) is 36.2 Å². The van der Waals surface area contributed by atoms with Crippen molar-refractivity contribution in [2.24, 2.45) is 0 Å². The lowest BCUT2D eigenvalue weighted by Gasteiger charge is -2.30. The molecule has 1 N–H and O–H groups in total. The van der Waals surface area contributed by atoms with Crippen LogP contribution >= 0.6 is 23.2 Å². The van der Waals surface area contributed by atoms with Gasteiger partial charge in [0.2, 0.25) is 28.6 Å². The van der Waals surface area contributed by atoms with Gasteiger partial charge in [-0.05, 0) is 51.0 Å². The number of nitrogens with zero attached hydrogens (tertiary/aromatic N) is 2. The van der Waals surface area contributed by atoms with E-state index in [1.165, 1.54) is 9.21 Å². The summed E-state index contributed by atoms with van der Waals surface area (Å²) in [6.07, 6.45) is 2.06. The highest BCUT2D eigenvalue weighted by molar-refractivity contribution is 7.92. The van der Waals surface area contributed by atoms with Crippen LogP contribution in [0.15, 0.2) is 36.4 Å². The lowest BCUT2D eigenvalue weighted by Crippen LogP contribution is -2.49. The molecule has 0 saturated heterocycles. The molecule has 12 heteroatoms. The largest absolute Gasteiger partial charge is 0.454 e. The molecule has 9 nitrogen and oxygen atoms in total. The summed E-state index contributed by atoms with van der Waals surface area (Å²) in [5.74, 6) is 0.369. The summed E-state index contributed by atoms with van der Waals surface area (Å²) in [7, 11) is -3.65. The Labute approximate surface area is 234 Å². The first-order chi connectivity index (χ1) is 17.9. The quantitative estimate of drug-likeness (QED) is 0.390. The number of halogens is 2. The van der Waals surface area contributed by atoms with E-state index in [4.69, 9.17) is 32.7 Å². The van der Waals surface area contributed by atoms with Gasteiger partial charge < -0.3 is 19.7 Å². The van der Waals surface area contributed by atoms with E-state index < -0.39 is 16.1 Å². The number of hydrogen-bond acceptors (Lipinski definition) is 6. The maximum atomic E-state index is 13.4. The van der Waals surface area contributed by atoms with Crippen LogP contribution in [0.3, 0.4) is 0 Å². The van der Waals surface area contributed by atoms with Gasteiger partial charge in [-0.3, -0.25) is 13.9 Å². The number of nitrogens with one attached hydrogen (secondary N) is 1. The molecule has 0 spiro atoms. The van der Waals surface area contributed by atoms with Crippen molar-refractivity contribution in [3.8, 4) is 11.5 Å². The summed E-state index contributed by atoms with van der Waals surface area (Å²) in [6, 6.07) is 9.06. The smallest absolute Gasteiger partial charge is 0.242 e. The molecule has 0 fully saturated rings. The number of hydrogen-bond donors (Lipinski definition) is 1. The third kappa shape index (κ3) is 7.45. The average molecular weight is 587 g/mol. The number of anilines is 1. The SMILES string of the molecule is CCC(C)NC(=O)C(C)N(Cc1c(Cl)cccc1Cl)C(=O)CCCN(c1ccc2c(c1)OCO2)S(C)(=O)=O. The summed E-state index contributed by atoms with van der Waals surface area (Å²) < 4.78 is 37.0. The van der Waals surface area contributed by atoms with Crippen molar-refractivity contribution in [1.82, 2.24) is 10.2 Å². The van der Waals surface area contributed by atoms with Gasteiger partial charge in [0.05, 0.1) is 11.9 Å². The van der Waals surface area contributed by atoms with Crippen molar-refractivity contribution >= 4 is 50.7 Å². The molecule has 2 unspecified atom stereocenters. The van der Waals surface area contributed by atoms with Crippen LogP contribution in [0.1, 0.15) is 45.6 Å². The number of amides is 2.